The quantitative estimate of drug-likeness (QED) is 0.408. The zero-order chi connectivity index (χ0) is 24.8. The lowest BCUT2D eigenvalue weighted by molar-refractivity contribution is -0.116. The van der Waals surface area contributed by atoms with Gasteiger partial charge in [0.1, 0.15) is 0 Å². The van der Waals surface area contributed by atoms with Gasteiger partial charge >= 0.3 is 5.97 Å². The molecule has 1 aromatic heterocycles. The van der Waals surface area contributed by atoms with E-state index in [1.54, 1.807) is 31.1 Å². The van der Waals surface area contributed by atoms with Gasteiger partial charge in [0, 0.05) is 25.9 Å². The first kappa shape index (κ1) is 25.2. The van der Waals surface area contributed by atoms with Gasteiger partial charge in [0.2, 0.25) is 5.91 Å². The Balaban J connectivity index is 1.46. The van der Waals surface area contributed by atoms with E-state index >= 15 is 0 Å². The number of thioether (sulfide) groups is 1. The van der Waals surface area contributed by atoms with Crippen molar-refractivity contribution in [2.75, 3.05) is 43.3 Å². The Kier molecular flexibility index (Phi) is 8.37. The van der Waals surface area contributed by atoms with E-state index in [2.05, 4.69) is 4.99 Å². The van der Waals surface area contributed by atoms with Gasteiger partial charge in [0.25, 0.3) is 5.91 Å². The molecule has 1 aliphatic heterocycles. The minimum Gasteiger partial charge on any atom is -0.462 e. The number of ether oxygens (including phenoxy) is 2. The van der Waals surface area contributed by atoms with Crippen LogP contribution < -0.4 is 9.70 Å². The lowest BCUT2D eigenvalue weighted by Crippen LogP contribution is -2.30. The predicted molar refractivity (Wildman–Crippen MR) is 138 cm³/mol. The van der Waals surface area contributed by atoms with Gasteiger partial charge in [-0.05, 0) is 43.2 Å². The molecular weight excluding hydrogens is 486 g/mol. The fourth-order valence-electron chi connectivity index (χ4n) is 3.94. The number of thiazole rings is 1. The normalized spacial score (nSPS) is 13.3. The molecule has 0 saturated carbocycles. The number of hydrogen-bond acceptors (Lipinski definition) is 7. The number of carbonyl (C=O) groups excluding carboxylic acids is 3. The van der Waals surface area contributed by atoms with Crippen LogP contribution in [-0.2, 0) is 32.0 Å². The summed E-state index contributed by atoms with van der Waals surface area (Å²) >= 11 is 2.60. The second kappa shape index (κ2) is 11.7. The summed E-state index contributed by atoms with van der Waals surface area (Å²) in [5, 5.41) is 0. The minimum absolute atomic E-state index is 0.00346. The number of methoxy groups -OCH3 is 1. The van der Waals surface area contributed by atoms with Crippen molar-refractivity contribution < 1.29 is 23.9 Å². The molecule has 2 amide bonds. The van der Waals surface area contributed by atoms with Crippen LogP contribution in [0.1, 0.15) is 22.8 Å². The molecule has 0 unspecified atom stereocenters. The highest BCUT2D eigenvalue weighted by Gasteiger charge is 2.24. The Morgan fingerprint density at radius 2 is 1.97 bits per heavy atom. The average molecular weight is 514 g/mol. The number of esters is 1. The van der Waals surface area contributed by atoms with Gasteiger partial charge in [-0.3, -0.25) is 9.59 Å². The van der Waals surface area contributed by atoms with Gasteiger partial charge in [-0.15, -0.1) is 11.8 Å². The third kappa shape index (κ3) is 5.83. The number of anilines is 1. The van der Waals surface area contributed by atoms with E-state index in [9.17, 15) is 14.4 Å². The molecule has 0 aliphatic carbocycles. The molecule has 1 aliphatic rings. The molecule has 4 rings (SSSR count). The van der Waals surface area contributed by atoms with Crippen LogP contribution in [0.3, 0.4) is 0 Å². The molecule has 2 heterocycles. The van der Waals surface area contributed by atoms with Crippen molar-refractivity contribution in [3.05, 3.63) is 58.4 Å². The average Bonchev–Trinajstić information content (AvgIpc) is 3.43. The zero-order valence-electron chi connectivity index (χ0n) is 19.7. The zero-order valence-corrected chi connectivity index (χ0v) is 21.3. The maximum Gasteiger partial charge on any atom is 0.338 e. The summed E-state index contributed by atoms with van der Waals surface area (Å²) in [6, 6.07) is 13.2. The van der Waals surface area contributed by atoms with Gasteiger partial charge in [0.15, 0.2) is 4.80 Å². The Labute approximate surface area is 211 Å². The van der Waals surface area contributed by atoms with E-state index in [0.29, 0.717) is 36.7 Å². The number of para-hydroxylation sites is 1. The lowest BCUT2D eigenvalue weighted by atomic mass is 10.2. The minimum atomic E-state index is -0.387. The lowest BCUT2D eigenvalue weighted by Gasteiger charge is -2.16. The number of benzene rings is 2. The molecule has 0 N–H and O–H groups in total. The van der Waals surface area contributed by atoms with Crippen molar-refractivity contribution in [1.82, 2.24) is 4.57 Å². The first-order chi connectivity index (χ1) is 17.0. The van der Waals surface area contributed by atoms with Gasteiger partial charge < -0.3 is 18.9 Å². The standard InChI is InChI=1S/C25H27N3O5S2/c1-3-33-24(31)18-8-9-20-21(14-18)35-25(28(20)12-13-32-2)26-22(29)15-34-16-23(30)27-11-10-17-6-4-5-7-19(17)27/h4-9,14H,3,10-13,15-16H2,1-2H3. The van der Waals surface area contributed by atoms with E-state index in [0.717, 1.165) is 22.3 Å². The van der Waals surface area contributed by atoms with Crippen LogP contribution in [-0.4, -0.2) is 60.7 Å². The molecule has 0 spiro atoms. The molecule has 2 aromatic carbocycles. The van der Waals surface area contributed by atoms with Crippen LogP contribution >= 0.6 is 23.1 Å². The molecule has 35 heavy (non-hydrogen) atoms. The highest BCUT2D eigenvalue weighted by Crippen LogP contribution is 2.28. The monoisotopic (exact) mass is 513 g/mol. The maximum absolute atomic E-state index is 12.7. The number of fused-ring (bicyclic) bond motifs is 2. The molecule has 0 saturated heterocycles. The van der Waals surface area contributed by atoms with Crippen molar-refractivity contribution in [3.8, 4) is 0 Å². The van der Waals surface area contributed by atoms with Crippen LogP contribution in [0.25, 0.3) is 10.2 Å². The second-order valence-corrected chi connectivity index (χ2v) is 9.85. The molecule has 3 aromatic rings. The highest BCUT2D eigenvalue weighted by molar-refractivity contribution is 8.00. The van der Waals surface area contributed by atoms with Crippen molar-refractivity contribution in [2.45, 2.75) is 19.9 Å². The fraction of sp³-hybridized carbons (Fsp3) is 0.360. The molecule has 0 fully saturated rings. The van der Waals surface area contributed by atoms with E-state index < -0.39 is 0 Å². The van der Waals surface area contributed by atoms with Crippen molar-refractivity contribution in [2.24, 2.45) is 4.99 Å². The van der Waals surface area contributed by atoms with Gasteiger partial charge in [-0.25, -0.2) is 4.79 Å². The van der Waals surface area contributed by atoms with Crippen molar-refractivity contribution >= 4 is 56.8 Å². The summed E-state index contributed by atoms with van der Waals surface area (Å²) in [7, 11) is 1.61. The maximum atomic E-state index is 12.7. The summed E-state index contributed by atoms with van der Waals surface area (Å²) in [4.78, 5) is 44.1. The predicted octanol–water partition coefficient (Wildman–Crippen LogP) is 3.28. The summed E-state index contributed by atoms with van der Waals surface area (Å²) < 4.78 is 13.0. The number of aromatic nitrogens is 1. The van der Waals surface area contributed by atoms with Gasteiger partial charge in [-0.1, -0.05) is 29.5 Å². The van der Waals surface area contributed by atoms with Crippen LogP contribution in [0, 0.1) is 0 Å². The summed E-state index contributed by atoms with van der Waals surface area (Å²) in [6.07, 6.45) is 0.853. The van der Waals surface area contributed by atoms with Crippen LogP contribution in [0.15, 0.2) is 47.5 Å². The first-order valence-corrected chi connectivity index (χ1v) is 13.3. The van der Waals surface area contributed by atoms with Gasteiger partial charge in [0.05, 0.1) is 40.5 Å². The molecule has 0 radical (unpaired) electrons. The number of carbonyl (C=O) groups is 3. The molecule has 184 valence electrons. The van der Waals surface area contributed by atoms with E-state index in [1.165, 1.54) is 28.7 Å². The van der Waals surface area contributed by atoms with Crippen LogP contribution in [0.2, 0.25) is 0 Å². The smallest absolute Gasteiger partial charge is 0.338 e. The molecule has 8 nitrogen and oxygen atoms in total. The molecule has 0 atom stereocenters. The third-order valence-electron chi connectivity index (χ3n) is 5.57. The van der Waals surface area contributed by atoms with Crippen molar-refractivity contribution in [1.29, 1.82) is 0 Å². The van der Waals surface area contributed by atoms with E-state index in [1.807, 2.05) is 34.9 Å². The largest absolute Gasteiger partial charge is 0.462 e. The highest BCUT2D eigenvalue weighted by atomic mass is 32.2. The Hall–Kier alpha value is -2.95. The molecular formula is C25H27N3O5S2. The second-order valence-electron chi connectivity index (χ2n) is 7.85. The van der Waals surface area contributed by atoms with Crippen LogP contribution in [0.4, 0.5) is 5.69 Å². The topological polar surface area (TPSA) is 90.2 Å². The Morgan fingerprint density at radius 1 is 1.14 bits per heavy atom. The number of rotatable bonds is 9. The van der Waals surface area contributed by atoms with E-state index in [-0.39, 0.29) is 29.3 Å². The Morgan fingerprint density at radius 3 is 2.77 bits per heavy atom. The third-order valence-corrected chi connectivity index (χ3v) is 7.52. The number of amides is 2. The van der Waals surface area contributed by atoms with Crippen LogP contribution in [0.5, 0.6) is 0 Å². The van der Waals surface area contributed by atoms with Crippen molar-refractivity contribution in [3.63, 3.8) is 0 Å². The summed E-state index contributed by atoms with van der Waals surface area (Å²) in [5.74, 6) is -0.380. The summed E-state index contributed by atoms with van der Waals surface area (Å²) in [5.41, 5.74) is 3.45. The molecule has 10 heteroatoms. The fourth-order valence-corrected chi connectivity index (χ4v) is 5.72. The Bertz CT molecular complexity index is 1310. The number of hydrogen-bond donors (Lipinski definition) is 0. The first-order valence-electron chi connectivity index (χ1n) is 11.3. The van der Waals surface area contributed by atoms with Gasteiger partial charge in [-0.2, -0.15) is 4.99 Å². The SMILES string of the molecule is CCOC(=O)c1ccc2c(c1)sc(=NC(=O)CSCC(=O)N1CCc3ccccc31)n2CCOC. The summed E-state index contributed by atoms with van der Waals surface area (Å²) in [6.45, 7) is 3.70. The molecule has 0 bridgehead atoms. The number of nitrogens with zero attached hydrogens (tertiary/aromatic N) is 3. The van der Waals surface area contributed by atoms with E-state index in [4.69, 9.17) is 9.47 Å².